The van der Waals surface area contributed by atoms with Gasteiger partial charge in [-0.05, 0) is 44.5 Å². The fraction of sp³-hybridized carbons (Fsp3) is 0.536. The quantitative estimate of drug-likeness (QED) is 0.454. The standard InChI is InChI=1S/C28H36ClN7O3/c1-32-9-10-33(2)27-19-25(34-12-14-38-15-13-34)30-26-18-22(31-36(26)27)23-5-3-4-8-35(23)28(37)21-17-20(29)6-7-24(21)39-16-11-32/h6-7,17-19,23H,3-5,8-16H2,1-2H3. The molecule has 2 aromatic heterocycles. The summed E-state index contributed by atoms with van der Waals surface area (Å²) < 4.78 is 13.7. The minimum absolute atomic E-state index is 0.0750. The van der Waals surface area contributed by atoms with Crippen LogP contribution in [0.3, 0.4) is 0 Å². The molecule has 0 radical (unpaired) electrons. The molecule has 1 aromatic carbocycles. The van der Waals surface area contributed by atoms with E-state index in [0.29, 0.717) is 42.7 Å². The number of hydrogen-bond acceptors (Lipinski definition) is 8. The van der Waals surface area contributed by atoms with E-state index in [1.54, 1.807) is 18.2 Å². The van der Waals surface area contributed by atoms with E-state index >= 15 is 0 Å². The molecule has 5 heterocycles. The molecular formula is C28H36ClN7O3. The van der Waals surface area contributed by atoms with Crippen LogP contribution in [-0.2, 0) is 4.74 Å². The summed E-state index contributed by atoms with van der Waals surface area (Å²) >= 11 is 6.36. The Kier molecular flexibility index (Phi) is 7.51. The first-order chi connectivity index (χ1) is 19.0. The van der Waals surface area contributed by atoms with Crippen LogP contribution in [0.25, 0.3) is 5.65 Å². The topological polar surface area (TPSA) is 78.7 Å². The van der Waals surface area contributed by atoms with Crippen molar-refractivity contribution in [1.82, 2.24) is 24.4 Å². The van der Waals surface area contributed by atoms with E-state index in [-0.39, 0.29) is 11.9 Å². The van der Waals surface area contributed by atoms with Crippen LogP contribution < -0.4 is 14.5 Å². The smallest absolute Gasteiger partial charge is 0.258 e. The van der Waals surface area contributed by atoms with Crippen LogP contribution in [0.2, 0.25) is 5.02 Å². The van der Waals surface area contributed by atoms with Crippen molar-refractivity contribution < 1.29 is 14.3 Å². The highest BCUT2D eigenvalue weighted by atomic mass is 35.5. The Balaban J connectivity index is 1.46. The number of amides is 1. The third-order valence-electron chi connectivity index (χ3n) is 7.96. The predicted octanol–water partition coefficient (Wildman–Crippen LogP) is 3.35. The molecule has 0 aliphatic carbocycles. The molecule has 3 aliphatic rings. The summed E-state index contributed by atoms with van der Waals surface area (Å²) in [5.74, 6) is 2.41. The molecule has 1 atom stereocenters. The average molecular weight is 554 g/mol. The highest BCUT2D eigenvalue weighted by molar-refractivity contribution is 6.31. The summed E-state index contributed by atoms with van der Waals surface area (Å²) in [6.45, 7) is 6.53. The van der Waals surface area contributed by atoms with Crippen LogP contribution in [0.5, 0.6) is 5.75 Å². The highest BCUT2D eigenvalue weighted by Gasteiger charge is 2.33. The van der Waals surface area contributed by atoms with Gasteiger partial charge < -0.3 is 29.1 Å². The van der Waals surface area contributed by atoms with E-state index in [4.69, 9.17) is 31.2 Å². The fourth-order valence-electron chi connectivity index (χ4n) is 5.64. The van der Waals surface area contributed by atoms with Crippen molar-refractivity contribution in [3.63, 3.8) is 0 Å². The van der Waals surface area contributed by atoms with Crippen molar-refractivity contribution in [1.29, 1.82) is 0 Å². The monoisotopic (exact) mass is 553 g/mol. The number of nitrogens with zero attached hydrogens (tertiary/aromatic N) is 7. The second-order valence-electron chi connectivity index (χ2n) is 10.6. The number of aromatic nitrogens is 3. The Labute approximate surface area is 234 Å². The van der Waals surface area contributed by atoms with Gasteiger partial charge in [-0.15, -0.1) is 0 Å². The number of ether oxygens (including phenoxy) is 2. The second kappa shape index (κ2) is 11.2. The predicted molar refractivity (Wildman–Crippen MR) is 151 cm³/mol. The number of rotatable bonds is 1. The first kappa shape index (κ1) is 26.2. The molecule has 1 amide bonds. The Morgan fingerprint density at radius 2 is 1.79 bits per heavy atom. The number of hydrogen-bond donors (Lipinski definition) is 0. The lowest BCUT2D eigenvalue weighted by Crippen LogP contribution is -2.39. The normalized spacial score (nSPS) is 21.7. The van der Waals surface area contributed by atoms with Gasteiger partial charge in [0.15, 0.2) is 5.65 Å². The molecular weight excluding hydrogens is 518 g/mol. The third-order valence-corrected chi connectivity index (χ3v) is 8.20. The Morgan fingerprint density at radius 1 is 0.949 bits per heavy atom. The molecule has 2 saturated heterocycles. The number of carbonyl (C=O) groups is 1. The summed E-state index contributed by atoms with van der Waals surface area (Å²) in [6, 6.07) is 9.34. The highest BCUT2D eigenvalue weighted by Crippen LogP contribution is 2.35. The second-order valence-corrected chi connectivity index (χ2v) is 11.1. The van der Waals surface area contributed by atoms with Crippen LogP contribution in [0.1, 0.15) is 41.4 Å². The maximum Gasteiger partial charge on any atom is 0.258 e. The fourth-order valence-corrected chi connectivity index (χ4v) is 5.82. The molecule has 3 aromatic rings. The van der Waals surface area contributed by atoms with Crippen LogP contribution >= 0.6 is 11.6 Å². The SMILES string of the molecule is CN1CCOc2ccc(Cl)cc2C(=O)N2CCCCC2c2cc3nc(N4CCOCC4)cc(n3n2)N(C)CC1. The van der Waals surface area contributed by atoms with E-state index < -0.39 is 0 Å². The van der Waals surface area contributed by atoms with Gasteiger partial charge in [0.2, 0.25) is 0 Å². The summed E-state index contributed by atoms with van der Waals surface area (Å²) in [6.07, 6.45) is 2.83. The van der Waals surface area contributed by atoms with Gasteiger partial charge in [-0.1, -0.05) is 11.6 Å². The van der Waals surface area contributed by atoms with Crippen LogP contribution in [0.15, 0.2) is 30.3 Å². The maximum atomic E-state index is 14.0. The molecule has 2 bridgehead atoms. The van der Waals surface area contributed by atoms with Gasteiger partial charge in [0, 0.05) is 63.5 Å². The van der Waals surface area contributed by atoms with Crippen molar-refractivity contribution in [2.45, 2.75) is 25.3 Å². The minimum Gasteiger partial charge on any atom is -0.491 e. The molecule has 2 fully saturated rings. The molecule has 11 heteroatoms. The summed E-state index contributed by atoms with van der Waals surface area (Å²) in [7, 11) is 4.18. The molecule has 1 unspecified atom stereocenters. The van der Waals surface area contributed by atoms with Gasteiger partial charge in [0.05, 0.1) is 30.5 Å². The van der Waals surface area contributed by atoms with Crippen LogP contribution in [0.4, 0.5) is 11.6 Å². The van der Waals surface area contributed by atoms with E-state index in [9.17, 15) is 4.79 Å². The largest absolute Gasteiger partial charge is 0.491 e. The number of fused-ring (bicyclic) bond motifs is 4. The number of likely N-dealkylation sites (N-methyl/N-ethyl adjacent to an activating group) is 2. The molecule has 39 heavy (non-hydrogen) atoms. The van der Waals surface area contributed by atoms with Gasteiger partial charge in [0.1, 0.15) is 24.0 Å². The van der Waals surface area contributed by atoms with Gasteiger partial charge in [-0.2, -0.15) is 9.61 Å². The van der Waals surface area contributed by atoms with Crippen molar-refractivity contribution in [3.8, 4) is 5.75 Å². The number of piperidine rings is 1. The molecule has 10 nitrogen and oxygen atoms in total. The first-order valence-corrected chi connectivity index (χ1v) is 14.2. The van der Waals surface area contributed by atoms with Gasteiger partial charge in [-0.25, -0.2) is 4.98 Å². The number of morpholine rings is 1. The van der Waals surface area contributed by atoms with E-state index in [1.165, 1.54) is 0 Å². The zero-order valence-corrected chi connectivity index (χ0v) is 23.4. The van der Waals surface area contributed by atoms with Crippen molar-refractivity contribution in [2.24, 2.45) is 0 Å². The van der Waals surface area contributed by atoms with Crippen LogP contribution in [-0.4, -0.2) is 103 Å². The summed E-state index contributed by atoms with van der Waals surface area (Å²) in [5, 5.41) is 5.60. The number of carbonyl (C=O) groups excluding carboxylic acids is 1. The third kappa shape index (κ3) is 5.37. The molecule has 0 saturated carbocycles. The number of benzene rings is 1. The molecule has 208 valence electrons. The first-order valence-electron chi connectivity index (χ1n) is 13.8. The van der Waals surface area contributed by atoms with Gasteiger partial charge in [-0.3, -0.25) is 4.79 Å². The molecule has 0 spiro atoms. The lowest BCUT2D eigenvalue weighted by molar-refractivity contribution is 0.0601. The van der Waals surface area contributed by atoms with Gasteiger partial charge in [0.25, 0.3) is 5.91 Å². The molecule has 6 rings (SSSR count). The zero-order chi connectivity index (χ0) is 26.9. The van der Waals surface area contributed by atoms with Crippen molar-refractivity contribution in [3.05, 3.63) is 46.6 Å². The minimum atomic E-state index is -0.149. The average Bonchev–Trinajstić information content (AvgIpc) is 3.40. The van der Waals surface area contributed by atoms with E-state index in [1.807, 2.05) is 9.42 Å². The van der Waals surface area contributed by atoms with E-state index in [0.717, 1.165) is 75.0 Å². The van der Waals surface area contributed by atoms with Gasteiger partial charge >= 0.3 is 0 Å². The number of anilines is 2. The zero-order valence-electron chi connectivity index (χ0n) is 22.7. The maximum absolute atomic E-state index is 14.0. The summed E-state index contributed by atoms with van der Waals surface area (Å²) in [4.78, 5) is 27.7. The Morgan fingerprint density at radius 3 is 2.64 bits per heavy atom. The lowest BCUT2D eigenvalue weighted by Gasteiger charge is -2.35. The van der Waals surface area contributed by atoms with Crippen molar-refractivity contribution >= 4 is 34.8 Å². The van der Waals surface area contributed by atoms with Crippen LogP contribution in [0, 0.1) is 0 Å². The summed E-state index contributed by atoms with van der Waals surface area (Å²) in [5.41, 5.74) is 2.15. The molecule has 0 N–H and O–H groups in total. The number of halogens is 1. The Hall–Kier alpha value is -3.08. The lowest BCUT2D eigenvalue weighted by atomic mass is 9.98. The van der Waals surface area contributed by atoms with E-state index in [2.05, 4.69) is 40.9 Å². The van der Waals surface area contributed by atoms with Crippen molar-refractivity contribution in [2.75, 3.05) is 83.0 Å². The Bertz CT molecular complexity index is 1340. The molecule has 3 aliphatic heterocycles.